The second-order valence-corrected chi connectivity index (χ2v) is 7.90. The van der Waals surface area contributed by atoms with Crippen molar-refractivity contribution in [1.29, 1.82) is 0 Å². The summed E-state index contributed by atoms with van der Waals surface area (Å²) < 4.78 is 28.6. The summed E-state index contributed by atoms with van der Waals surface area (Å²) in [6.45, 7) is -0.124. The van der Waals surface area contributed by atoms with E-state index in [9.17, 15) is 14.7 Å². The van der Waals surface area contributed by atoms with Crippen molar-refractivity contribution in [3.8, 4) is 0 Å². The first kappa shape index (κ1) is 22.2. The van der Waals surface area contributed by atoms with Crippen molar-refractivity contribution in [2.75, 3.05) is 6.61 Å². The van der Waals surface area contributed by atoms with E-state index >= 15 is 0 Å². The quantitative estimate of drug-likeness (QED) is 0.578. The molecule has 0 radical (unpaired) electrons. The molecule has 0 bridgehead atoms. The molecule has 2 saturated heterocycles. The summed E-state index contributed by atoms with van der Waals surface area (Å²) in [5.74, 6) is -3.36. The van der Waals surface area contributed by atoms with E-state index in [1.165, 1.54) is 0 Å². The van der Waals surface area contributed by atoms with Gasteiger partial charge in [-0.25, -0.2) is 9.59 Å². The van der Waals surface area contributed by atoms with Gasteiger partial charge in [-0.2, -0.15) is 0 Å². The zero-order chi connectivity index (χ0) is 23.5. The highest BCUT2D eigenvalue weighted by Gasteiger charge is 2.58. The Balaban J connectivity index is 1.41. The Bertz CT molecular complexity index is 1140. The molecule has 2 aliphatic heterocycles. The molecule has 2 fully saturated rings. The maximum atomic E-state index is 12.9. The Kier molecular flexibility index (Phi) is 6.12. The molecule has 5 rings (SSSR count). The van der Waals surface area contributed by atoms with Gasteiger partial charge in [-0.05, 0) is 24.3 Å². The van der Waals surface area contributed by atoms with E-state index in [1.807, 2.05) is 0 Å². The normalized spacial score (nSPS) is 28.0. The highest BCUT2D eigenvalue weighted by Crippen LogP contribution is 2.41. The molecule has 0 spiro atoms. The van der Waals surface area contributed by atoms with Gasteiger partial charge in [0.15, 0.2) is 24.6 Å². The number of fused-ring (bicyclic) bond motifs is 1. The molecule has 174 valence electrons. The maximum Gasteiger partial charge on any atom is 0.338 e. The molecule has 2 heterocycles. The summed E-state index contributed by atoms with van der Waals surface area (Å²) in [5, 5.41) is 11.0. The van der Waals surface area contributed by atoms with Crippen molar-refractivity contribution in [2.45, 2.75) is 30.6 Å². The molecule has 2 aliphatic rings. The van der Waals surface area contributed by atoms with Crippen LogP contribution in [0.5, 0.6) is 0 Å². The van der Waals surface area contributed by atoms with Crippen LogP contribution in [0.4, 0.5) is 0 Å². The van der Waals surface area contributed by atoms with Crippen LogP contribution in [0.1, 0.15) is 26.3 Å². The van der Waals surface area contributed by atoms with Gasteiger partial charge in [0.05, 0.1) is 17.7 Å². The summed E-state index contributed by atoms with van der Waals surface area (Å²) in [5.41, 5.74) is 0.997. The van der Waals surface area contributed by atoms with E-state index in [4.69, 9.17) is 23.7 Å². The molecule has 0 amide bonds. The van der Waals surface area contributed by atoms with Gasteiger partial charge in [-0.15, -0.1) is 0 Å². The van der Waals surface area contributed by atoms with Crippen LogP contribution in [0, 0.1) is 0 Å². The van der Waals surface area contributed by atoms with Crippen LogP contribution in [-0.4, -0.2) is 48.3 Å². The van der Waals surface area contributed by atoms with E-state index < -0.39 is 42.5 Å². The van der Waals surface area contributed by atoms with Gasteiger partial charge >= 0.3 is 17.9 Å². The van der Waals surface area contributed by atoms with E-state index in [0.717, 1.165) is 0 Å². The van der Waals surface area contributed by atoms with Crippen molar-refractivity contribution < 1.29 is 38.4 Å². The van der Waals surface area contributed by atoms with Crippen molar-refractivity contribution in [3.63, 3.8) is 0 Å². The zero-order valence-corrected chi connectivity index (χ0v) is 18.0. The summed E-state index contributed by atoms with van der Waals surface area (Å²) in [6.07, 6.45) is -4.20. The number of rotatable bonds is 5. The van der Waals surface area contributed by atoms with Crippen molar-refractivity contribution in [2.24, 2.45) is 0 Å². The van der Waals surface area contributed by atoms with Crippen LogP contribution in [0.3, 0.4) is 0 Å². The van der Waals surface area contributed by atoms with Crippen LogP contribution in [0.25, 0.3) is 0 Å². The number of hydrogen-bond donors (Lipinski definition) is 1. The average Bonchev–Trinajstić information content (AvgIpc) is 3.25. The van der Waals surface area contributed by atoms with E-state index in [-0.39, 0.29) is 6.61 Å². The number of hydrogen-bond acceptors (Lipinski definition) is 8. The lowest BCUT2D eigenvalue weighted by molar-refractivity contribution is -0.342. The minimum atomic E-state index is -2.12. The Morgan fingerprint density at radius 1 is 0.765 bits per heavy atom. The number of benzene rings is 3. The molecule has 1 N–H and O–H groups in total. The smallest absolute Gasteiger partial charge is 0.338 e. The third kappa shape index (κ3) is 4.44. The van der Waals surface area contributed by atoms with Gasteiger partial charge in [0.1, 0.15) is 0 Å². The van der Waals surface area contributed by atoms with Crippen LogP contribution < -0.4 is 0 Å². The van der Waals surface area contributed by atoms with E-state index in [2.05, 4.69) is 0 Å². The summed E-state index contributed by atoms with van der Waals surface area (Å²) in [6, 6.07) is 25.3. The molecule has 34 heavy (non-hydrogen) atoms. The molecule has 8 nitrogen and oxygen atoms in total. The molecular formula is C26H22O8. The second kappa shape index (κ2) is 9.36. The highest BCUT2D eigenvalue weighted by atomic mass is 16.9. The SMILES string of the molecule is O=C(O[C@@H]1[C@H]2OC(O)(c3ccccc3)O[C@H]2OC[C@H]1OC(=O)c1ccccc1)c1ccccc1. The summed E-state index contributed by atoms with van der Waals surface area (Å²) in [7, 11) is 0. The molecule has 1 unspecified atom stereocenters. The van der Waals surface area contributed by atoms with Crippen LogP contribution in [0.2, 0.25) is 0 Å². The lowest BCUT2D eigenvalue weighted by Gasteiger charge is -2.36. The fraction of sp³-hybridized carbons (Fsp3) is 0.231. The van der Waals surface area contributed by atoms with Gasteiger partial charge in [0.2, 0.25) is 0 Å². The topological polar surface area (TPSA) is 101 Å². The minimum absolute atomic E-state index is 0.124. The van der Waals surface area contributed by atoms with Gasteiger partial charge in [0.25, 0.3) is 0 Å². The summed E-state index contributed by atoms with van der Waals surface area (Å²) in [4.78, 5) is 25.6. The van der Waals surface area contributed by atoms with Gasteiger partial charge in [-0.1, -0.05) is 66.7 Å². The Morgan fingerprint density at radius 2 is 1.29 bits per heavy atom. The second-order valence-electron chi connectivity index (χ2n) is 7.90. The number of ether oxygens (including phenoxy) is 5. The first-order valence-electron chi connectivity index (χ1n) is 10.8. The number of aliphatic hydroxyl groups is 1. The van der Waals surface area contributed by atoms with Crippen molar-refractivity contribution in [1.82, 2.24) is 0 Å². The lowest BCUT2D eigenvalue weighted by atomic mass is 10.0. The predicted molar refractivity (Wildman–Crippen MR) is 117 cm³/mol. The molecule has 0 aromatic heterocycles. The average molecular weight is 462 g/mol. The lowest BCUT2D eigenvalue weighted by Crippen LogP contribution is -2.55. The Labute approximate surface area is 195 Å². The van der Waals surface area contributed by atoms with E-state index in [1.54, 1.807) is 91.0 Å². The molecule has 8 heteroatoms. The molecular weight excluding hydrogens is 440 g/mol. The maximum absolute atomic E-state index is 12.9. The van der Waals surface area contributed by atoms with Crippen LogP contribution >= 0.6 is 0 Å². The highest BCUT2D eigenvalue weighted by molar-refractivity contribution is 5.90. The van der Waals surface area contributed by atoms with Gasteiger partial charge in [0, 0.05) is 5.56 Å². The van der Waals surface area contributed by atoms with Crippen LogP contribution in [-0.2, 0) is 29.7 Å². The molecule has 3 aromatic rings. The molecule has 0 saturated carbocycles. The van der Waals surface area contributed by atoms with Crippen LogP contribution in [0.15, 0.2) is 91.0 Å². The predicted octanol–water partition coefficient (Wildman–Crippen LogP) is 3.01. The fourth-order valence-electron chi connectivity index (χ4n) is 3.91. The summed E-state index contributed by atoms with van der Waals surface area (Å²) >= 11 is 0. The number of carbonyl (C=O) groups is 2. The minimum Gasteiger partial charge on any atom is -0.452 e. The molecule has 5 atom stereocenters. The fourth-order valence-corrected chi connectivity index (χ4v) is 3.91. The Morgan fingerprint density at radius 3 is 1.88 bits per heavy atom. The first-order valence-corrected chi connectivity index (χ1v) is 10.8. The standard InChI is InChI=1S/C26H22O8/c27-23(17-10-4-1-5-11-17)31-20-16-30-25-22(21(20)32-24(28)18-12-6-2-7-13-18)33-26(29,34-25)19-14-8-3-9-15-19/h1-15,20-22,25,29H,16H2/t20-,21+,22-,25-,26?/m1/s1. The molecule has 0 aliphatic carbocycles. The molecule has 3 aromatic carbocycles. The van der Waals surface area contributed by atoms with Gasteiger partial charge < -0.3 is 24.1 Å². The third-order valence-electron chi connectivity index (χ3n) is 5.61. The number of carbonyl (C=O) groups excluding carboxylic acids is 2. The van der Waals surface area contributed by atoms with E-state index in [0.29, 0.717) is 16.7 Å². The Hall–Kier alpha value is -3.56. The largest absolute Gasteiger partial charge is 0.452 e. The van der Waals surface area contributed by atoms with Gasteiger partial charge in [-0.3, -0.25) is 4.74 Å². The first-order chi connectivity index (χ1) is 16.5. The third-order valence-corrected chi connectivity index (χ3v) is 5.61. The van der Waals surface area contributed by atoms with Crippen molar-refractivity contribution >= 4 is 11.9 Å². The van der Waals surface area contributed by atoms with Crippen molar-refractivity contribution in [3.05, 3.63) is 108 Å². The number of esters is 2. The zero-order valence-electron chi connectivity index (χ0n) is 18.0. The monoisotopic (exact) mass is 462 g/mol.